The summed E-state index contributed by atoms with van der Waals surface area (Å²) in [7, 11) is 0. The van der Waals surface area contributed by atoms with E-state index < -0.39 is 12.1 Å². The molecule has 1 aliphatic rings. The van der Waals surface area contributed by atoms with E-state index in [0.717, 1.165) is 12.0 Å². The normalized spacial score (nSPS) is 19.1. The number of hydrogen-bond acceptors (Lipinski definition) is 3. The molecule has 2 N–H and O–H groups in total. The van der Waals surface area contributed by atoms with E-state index in [1.807, 2.05) is 30.3 Å². The van der Waals surface area contributed by atoms with Gasteiger partial charge in [-0.1, -0.05) is 42.5 Å². The van der Waals surface area contributed by atoms with Crippen molar-refractivity contribution in [1.82, 2.24) is 5.43 Å². The summed E-state index contributed by atoms with van der Waals surface area (Å²) >= 11 is 0. The first-order valence-corrected chi connectivity index (χ1v) is 8.63. The Bertz CT molecular complexity index is 893. The van der Waals surface area contributed by atoms with Crippen LogP contribution < -0.4 is 10.7 Å². The third kappa shape index (κ3) is 4.76. The molecule has 2 amide bonds. The monoisotopic (exact) mass is 389 g/mol. The molecule has 0 aromatic heterocycles. The van der Waals surface area contributed by atoms with E-state index in [-0.39, 0.29) is 23.4 Å². The molecule has 0 spiro atoms. The van der Waals surface area contributed by atoms with Crippen molar-refractivity contribution in [2.75, 3.05) is 5.32 Å². The Hall–Kier alpha value is -3.16. The first-order chi connectivity index (χ1) is 13.3. The fraction of sp³-hybridized carbons (Fsp3) is 0.250. The van der Waals surface area contributed by atoms with Crippen LogP contribution in [0.5, 0.6) is 0 Å². The Morgan fingerprint density at radius 2 is 1.68 bits per heavy atom. The van der Waals surface area contributed by atoms with Crippen molar-refractivity contribution >= 4 is 23.2 Å². The van der Waals surface area contributed by atoms with Gasteiger partial charge in [-0.3, -0.25) is 9.59 Å². The second-order valence-corrected chi connectivity index (χ2v) is 6.56. The van der Waals surface area contributed by atoms with Crippen LogP contribution in [-0.2, 0) is 9.59 Å². The fourth-order valence-electron chi connectivity index (χ4n) is 2.84. The molecule has 1 fully saturated rings. The van der Waals surface area contributed by atoms with Gasteiger partial charge in [0.05, 0.1) is 5.71 Å². The minimum atomic E-state index is -4.94. The van der Waals surface area contributed by atoms with Gasteiger partial charge < -0.3 is 5.32 Å². The summed E-state index contributed by atoms with van der Waals surface area (Å²) < 4.78 is 36.8. The zero-order chi connectivity index (χ0) is 20.3. The highest BCUT2D eigenvalue weighted by Crippen LogP contribution is 2.47. The van der Waals surface area contributed by atoms with Crippen molar-refractivity contribution in [1.29, 1.82) is 0 Å². The van der Waals surface area contributed by atoms with Gasteiger partial charge in [-0.2, -0.15) is 18.3 Å². The second-order valence-electron chi connectivity index (χ2n) is 6.56. The molecule has 0 unspecified atom stereocenters. The standard InChI is InChI=1S/C20H18F3N3O2/c1-12(13-7-9-15(10-8-13)24-19(28)20(21,22)23)25-26-18(27)17-11-16(17)14-5-3-2-4-6-14/h2-10,16-17H,11H2,1H3,(H,24,28)(H,26,27)/t16-,17-/m0/s1. The van der Waals surface area contributed by atoms with Crippen LogP contribution >= 0.6 is 0 Å². The maximum atomic E-state index is 12.3. The van der Waals surface area contributed by atoms with Crippen molar-refractivity contribution in [3.8, 4) is 0 Å². The Morgan fingerprint density at radius 1 is 1.04 bits per heavy atom. The molecule has 1 aliphatic carbocycles. The molecule has 5 nitrogen and oxygen atoms in total. The third-order valence-electron chi connectivity index (χ3n) is 4.51. The summed E-state index contributed by atoms with van der Waals surface area (Å²) in [5.74, 6) is -2.11. The molecular formula is C20H18F3N3O2. The largest absolute Gasteiger partial charge is 0.471 e. The number of anilines is 1. The third-order valence-corrected chi connectivity index (χ3v) is 4.51. The summed E-state index contributed by atoms with van der Waals surface area (Å²) in [5, 5.41) is 5.83. The summed E-state index contributed by atoms with van der Waals surface area (Å²) in [6.45, 7) is 1.67. The molecule has 2 aromatic rings. The molecule has 1 saturated carbocycles. The quantitative estimate of drug-likeness (QED) is 0.603. The maximum absolute atomic E-state index is 12.3. The molecule has 2 aromatic carbocycles. The highest BCUT2D eigenvalue weighted by molar-refractivity contribution is 6.00. The van der Waals surface area contributed by atoms with Crippen molar-refractivity contribution in [2.24, 2.45) is 11.0 Å². The minimum absolute atomic E-state index is 0.0200. The summed E-state index contributed by atoms with van der Waals surface area (Å²) in [6, 6.07) is 15.5. The number of rotatable bonds is 5. The lowest BCUT2D eigenvalue weighted by Gasteiger charge is -2.08. The van der Waals surface area contributed by atoms with Crippen molar-refractivity contribution < 1.29 is 22.8 Å². The number of carbonyl (C=O) groups excluding carboxylic acids is 2. The van der Waals surface area contributed by atoms with Gasteiger partial charge in [-0.25, -0.2) is 5.43 Å². The molecule has 8 heteroatoms. The van der Waals surface area contributed by atoms with Crippen LogP contribution in [0.3, 0.4) is 0 Å². The van der Waals surface area contributed by atoms with E-state index in [4.69, 9.17) is 0 Å². The molecule has 146 valence electrons. The molecule has 0 bridgehead atoms. The number of alkyl halides is 3. The number of hydrogen-bond donors (Lipinski definition) is 2. The highest BCUT2D eigenvalue weighted by atomic mass is 19.4. The molecule has 0 saturated heterocycles. The summed E-state index contributed by atoms with van der Waals surface area (Å²) in [6.07, 6.45) is -4.17. The van der Waals surface area contributed by atoms with Crippen LogP contribution in [-0.4, -0.2) is 23.7 Å². The lowest BCUT2D eigenvalue weighted by molar-refractivity contribution is -0.167. The predicted molar refractivity (Wildman–Crippen MR) is 98.8 cm³/mol. The summed E-state index contributed by atoms with van der Waals surface area (Å²) in [4.78, 5) is 23.1. The predicted octanol–water partition coefficient (Wildman–Crippen LogP) is 3.83. The smallest absolute Gasteiger partial charge is 0.318 e. The van der Waals surface area contributed by atoms with E-state index in [1.165, 1.54) is 24.3 Å². The van der Waals surface area contributed by atoms with Gasteiger partial charge in [-0.05, 0) is 42.5 Å². The molecule has 3 rings (SSSR count). The number of amides is 2. The van der Waals surface area contributed by atoms with E-state index >= 15 is 0 Å². The van der Waals surface area contributed by atoms with E-state index in [9.17, 15) is 22.8 Å². The maximum Gasteiger partial charge on any atom is 0.471 e. The number of nitrogens with zero attached hydrogens (tertiary/aromatic N) is 1. The average Bonchev–Trinajstić information content (AvgIpc) is 3.47. The Morgan fingerprint density at radius 3 is 2.29 bits per heavy atom. The van der Waals surface area contributed by atoms with Gasteiger partial charge in [0.15, 0.2) is 0 Å². The number of carbonyl (C=O) groups is 2. The highest BCUT2D eigenvalue weighted by Gasteiger charge is 2.43. The first kappa shape index (κ1) is 19.6. The zero-order valence-electron chi connectivity index (χ0n) is 15.0. The first-order valence-electron chi connectivity index (χ1n) is 8.63. The Kier molecular flexibility index (Phi) is 5.48. The van der Waals surface area contributed by atoms with Gasteiger partial charge in [-0.15, -0.1) is 0 Å². The topological polar surface area (TPSA) is 70.6 Å². The zero-order valence-corrected chi connectivity index (χ0v) is 15.0. The van der Waals surface area contributed by atoms with Gasteiger partial charge in [0.1, 0.15) is 0 Å². The molecular weight excluding hydrogens is 371 g/mol. The molecule has 0 heterocycles. The van der Waals surface area contributed by atoms with Crippen molar-refractivity contribution in [3.05, 3.63) is 65.7 Å². The number of benzene rings is 2. The Labute approximate surface area is 159 Å². The second kappa shape index (κ2) is 7.84. The van der Waals surface area contributed by atoms with Crippen LogP contribution in [0, 0.1) is 5.92 Å². The molecule has 28 heavy (non-hydrogen) atoms. The van der Waals surface area contributed by atoms with E-state index in [2.05, 4.69) is 10.5 Å². The minimum Gasteiger partial charge on any atom is -0.318 e. The number of nitrogens with one attached hydrogen (secondary N) is 2. The molecule has 2 atom stereocenters. The average molecular weight is 389 g/mol. The van der Waals surface area contributed by atoms with Crippen LogP contribution in [0.1, 0.15) is 30.4 Å². The van der Waals surface area contributed by atoms with E-state index in [0.29, 0.717) is 11.3 Å². The number of hydrazone groups is 1. The van der Waals surface area contributed by atoms with E-state index in [1.54, 1.807) is 12.2 Å². The summed E-state index contributed by atoms with van der Waals surface area (Å²) in [5.41, 5.74) is 4.80. The lowest BCUT2D eigenvalue weighted by Crippen LogP contribution is -2.29. The van der Waals surface area contributed by atoms with Gasteiger partial charge in [0, 0.05) is 11.6 Å². The van der Waals surface area contributed by atoms with Crippen LogP contribution in [0.15, 0.2) is 59.7 Å². The lowest BCUT2D eigenvalue weighted by atomic mass is 10.1. The van der Waals surface area contributed by atoms with Crippen LogP contribution in [0.2, 0.25) is 0 Å². The van der Waals surface area contributed by atoms with Crippen molar-refractivity contribution in [2.45, 2.75) is 25.4 Å². The van der Waals surface area contributed by atoms with Crippen LogP contribution in [0.25, 0.3) is 0 Å². The number of halogens is 3. The van der Waals surface area contributed by atoms with Gasteiger partial charge >= 0.3 is 12.1 Å². The molecule has 0 aliphatic heterocycles. The molecule has 0 radical (unpaired) electrons. The van der Waals surface area contributed by atoms with Crippen LogP contribution in [0.4, 0.5) is 18.9 Å². The Balaban J connectivity index is 1.55. The van der Waals surface area contributed by atoms with Gasteiger partial charge in [0.25, 0.3) is 0 Å². The van der Waals surface area contributed by atoms with Crippen molar-refractivity contribution in [3.63, 3.8) is 0 Å². The van der Waals surface area contributed by atoms with Gasteiger partial charge in [0.2, 0.25) is 5.91 Å². The fourth-order valence-corrected chi connectivity index (χ4v) is 2.84. The SMILES string of the molecule is CC(=NNC(=O)[C@H]1C[C@H]1c1ccccc1)c1ccc(NC(=O)C(F)(F)F)cc1.